The van der Waals surface area contributed by atoms with Crippen molar-refractivity contribution >= 4 is 49.8 Å². The summed E-state index contributed by atoms with van der Waals surface area (Å²) in [5, 5.41) is 32.0. The Morgan fingerprint density at radius 2 is 1.10 bits per heavy atom. The maximum absolute atomic E-state index is 13.1. The van der Waals surface area contributed by atoms with Crippen LogP contribution in [0, 0.1) is 24.7 Å². The van der Waals surface area contributed by atoms with E-state index in [-0.39, 0.29) is 111 Å². The minimum atomic E-state index is -5.91. The van der Waals surface area contributed by atoms with Crippen molar-refractivity contribution in [2.75, 3.05) is 0 Å². The summed E-state index contributed by atoms with van der Waals surface area (Å²) in [6, 6.07) is 9.66. The van der Waals surface area contributed by atoms with E-state index in [1.54, 1.807) is 26.0 Å². The molecule has 0 radical (unpaired) electrons. The molecule has 484 valence electrons. The summed E-state index contributed by atoms with van der Waals surface area (Å²) < 4.78 is 141. The van der Waals surface area contributed by atoms with Gasteiger partial charge in [0.2, 0.25) is 16.6 Å². The van der Waals surface area contributed by atoms with Crippen LogP contribution >= 0.6 is 0 Å². The van der Waals surface area contributed by atoms with Gasteiger partial charge in [0, 0.05) is 56.6 Å². The normalized spacial score (nSPS) is 22.8. The fourth-order valence-electron chi connectivity index (χ4n) is 11.7. The smallest absolute Gasteiger partial charge is 1.00 e. The third-order valence-electron chi connectivity index (χ3n) is 15.9. The van der Waals surface area contributed by atoms with Crippen molar-refractivity contribution in [2.45, 2.75) is 246 Å². The van der Waals surface area contributed by atoms with Gasteiger partial charge >= 0.3 is 38.7 Å². The summed E-state index contributed by atoms with van der Waals surface area (Å²) in [6.07, 6.45) is 23.1. The van der Waals surface area contributed by atoms with Crippen molar-refractivity contribution in [3.05, 3.63) is 130 Å². The first-order valence-electron chi connectivity index (χ1n) is 34.3. The third-order valence-corrected chi connectivity index (χ3v) is 18.5. The van der Waals surface area contributed by atoms with E-state index in [1.807, 2.05) is 71.3 Å². The number of hydrogen-bond donors (Lipinski definition) is 3. The number of unbranched alkanes of at least 4 members (excludes halogenated alkanes) is 6. The van der Waals surface area contributed by atoms with Gasteiger partial charge in [0.1, 0.15) is 45.8 Å². The summed E-state index contributed by atoms with van der Waals surface area (Å²) >= 11 is 0. The molecule has 0 aromatic heterocycles. The Labute approximate surface area is 562 Å². The maximum atomic E-state index is 13.1. The average Bonchev–Trinajstić information content (AvgIpc) is 0.750. The molecule has 3 aromatic rings. The number of fused-ring (bicyclic) bond motifs is 3. The summed E-state index contributed by atoms with van der Waals surface area (Å²) in [6.45, 7) is 30.2. The van der Waals surface area contributed by atoms with Gasteiger partial charge in [-0.2, -0.15) is 28.0 Å². The molecule has 0 saturated carbocycles. The standard InChI is InChI=1S/C23H35F3O5SSi2.2C21H30O2.C5H11.BrH.Mg/c1-15(2)18-11-10-16(3)12-19(18)22-20(30-33(4,5)6)13-17(14-21(22)31-34(7,8)9)29-32(27,28)23(24,25)26;1-5-6-7-8-15-12-18(22)20-16-11-14(2)9-10-17(16)21(3,4)23-19(20)13-15;1-5-6-7-8-16-12-19(22)21(20(23)13-16)18-11-15(4)9-10-17(18)14(2)3;1-3-5-4-2;;/h12-14,18-19H,1,10-11H2,2-9H3;11-13,16-17,22H,5-10H2,1-4H3;11-13,17-18,22-23H,2,5-10H2,1,3-4H3;1,3-5H2,2H3;1H;/q;;;-1;;+2/p-1/t18-,19+;16-,17-;17-,18+;;;/m010.../s1/i1D2,3+1;2+1,3D3;2D2,4+1;;;/tm;16-,17-,21?;m;;;. The molecule has 17 heteroatoms. The summed E-state index contributed by atoms with van der Waals surface area (Å²) in [5.74, 6) is -0.290. The molecule has 0 saturated heterocycles. The van der Waals surface area contributed by atoms with E-state index in [2.05, 4.69) is 57.9 Å². The minimum absolute atomic E-state index is 0. The molecule has 0 bridgehead atoms. The van der Waals surface area contributed by atoms with Crippen LogP contribution < -0.4 is 34.8 Å². The number of phenols is 3. The van der Waals surface area contributed by atoms with Crippen molar-refractivity contribution in [1.82, 2.24) is 0 Å². The van der Waals surface area contributed by atoms with Gasteiger partial charge in [0.05, 0.1) is 5.48 Å². The van der Waals surface area contributed by atoms with Crippen molar-refractivity contribution in [3.63, 3.8) is 0 Å². The van der Waals surface area contributed by atoms with E-state index >= 15 is 0 Å². The zero-order chi connectivity index (χ0) is 69.6. The Hall–Kier alpha value is -3.62. The number of rotatable bonds is 20. The number of benzene rings is 3. The average molecular weight is 1350 g/mol. The van der Waals surface area contributed by atoms with Crippen LogP contribution in [0.4, 0.5) is 13.2 Å². The number of phenolic OH excluding ortho intramolecular Hbond substituents is 3. The number of allylic oxidation sites excluding steroid dienone is 8. The zero-order valence-electron chi connectivity index (χ0n) is 61.8. The molecular formula is C70H106BrF3MgO9SSi2. The first-order chi connectivity index (χ1) is 42.5. The molecule has 3 aliphatic carbocycles. The van der Waals surface area contributed by atoms with Crippen LogP contribution in [-0.4, -0.2) is 74.5 Å². The van der Waals surface area contributed by atoms with Crippen LogP contribution in [0.2, 0.25) is 39.3 Å². The van der Waals surface area contributed by atoms with Crippen molar-refractivity contribution in [1.29, 1.82) is 0 Å². The second-order valence-electron chi connectivity index (χ2n) is 26.1. The van der Waals surface area contributed by atoms with Gasteiger partial charge in [-0.3, -0.25) is 0 Å². The van der Waals surface area contributed by atoms with E-state index in [4.69, 9.17) is 23.2 Å². The molecular weight excluding hydrogens is 1240 g/mol. The second kappa shape index (κ2) is 34.7. The molecule has 1 unspecified atom stereocenters. The number of hydrogen-bond acceptors (Lipinski definition) is 9. The fraction of sp³-hybridized carbons (Fsp3) is 0.586. The van der Waals surface area contributed by atoms with E-state index in [9.17, 15) is 36.9 Å². The molecule has 9 nitrogen and oxygen atoms in total. The van der Waals surface area contributed by atoms with Crippen LogP contribution in [0.25, 0.3) is 0 Å². The quantitative estimate of drug-likeness (QED) is 0.0192. The van der Waals surface area contributed by atoms with Crippen LogP contribution in [0.3, 0.4) is 0 Å². The predicted octanol–water partition coefficient (Wildman–Crippen LogP) is 17.6. The SMILES string of the molecule is [2H]C([2H])([2H])C1(C)Oc2cc(CCCCC)cc(O)c2[C@@H]2C=C([13CH3])CC[C@H]21.[2H]C([2H])=C(C)[C@@H]1CCC([13CH3])=C[C@H]1c1c(O)cc(CCCCC)cc1O.[2H]C([2H])=C(C)[C@@H]1CCC([13CH3])=C[C@H]1c1c(O[Si](C)(C)C)cc(OS(=O)(=O)C(F)(F)F)cc1O[Si](C)(C)C.[Br-].[CH2-]CCCC.[Mg+2]. The molecule has 0 amide bonds. The summed E-state index contributed by atoms with van der Waals surface area (Å²) in [5.41, 5.74) is 1.80. The molecule has 1 heterocycles. The number of ether oxygens (including phenoxy) is 1. The Kier molecular flexibility index (Phi) is 27.0. The van der Waals surface area contributed by atoms with Gasteiger partial charge in [0.25, 0.3) is 0 Å². The van der Waals surface area contributed by atoms with Crippen LogP contribution in [-0.2, 0) is 23.0 Å². The summed E-state index contributed by atoms with van der Waals surface area (Å²) in [4.78, 5) is 0. The molecule has 3 N–H and O–H groups in total. The molecule has 1 aliphatic heterocycles. The molecule has 0 spiro atoms. The maximum Gasteiger partial charge on any atom is 2.00 e. The Morgan fingerprint density at radius 1 is 0.690 bits per heavy atom. The van der Waals surface area contributed by atoms with Crippen LogP contribution in [0.1, 0.15) is 221 Å². The topological polar surface area (TPSA) is 132 Å². The van der Waals surface area contributed by atoms with Crippen molar-refractivity contribution in [3.8, 4) is 40.2 Å². The Bertz CT molecular complexity index is 3200. The van der Waals surface area contributed by atoms with E-state index in [1.165, 1.54) is 36.1 Å². The van der Waals surface area contributed by atoms with Gasteiger partial charge in [-0.1, -0.05) is 118 Å². The molecule has 87 heavy (non-hydrogen) atoms. The molecule has 0 fully saturated rings. The van der Waals surface area contributed by atoms with Crippen LogP contribution in [0.15, 0.2) is 95.6 Å². The summed E-state index contributed by atoms with van der Waals surface area (Å²) in [7, 11) is -10.6. The molecule has 7 rings (SSSR count). The second-order valence-corrected chi connectivity index (χ2v) is 36.5. The van der Waals surface area contributed by atoms with E-state index in [0.29, 0.717) is 34.4 Å². The van der Waals surface area contributed by atoms with E-state index in [0.717, 1.165) is 112 Å². The molecule has 7 atom stereocenters. The fourth-order valence-corrected chi connectivity index (χ4v) is 13.8. The molecule has 4 aliphatic rings. The number of aromatic hydroxyl groups is 3. The monoisotopic (exact) mass is 1350 g/mol. The van der Waals surface area contributed by atoms with Gasteiger partial charge in [-0.05, 0) is 199 Å². The largest absolute Gasteiger partial charge is 2.00 e. The van der Waals surface area contributed by atoms with Crippen LogP contribution in [0.5, 0.6) is 40.2 Å². The van der Waals surface area contributed by atoms with Gasteiger partial charge in [-0.25, -0.2) is 0 Å². The van der Waals surface area contributed by atoms with Crippen molar-refractivity contribution in [2.24, 2.45) is 17.8 Å². The van der Waals surface area contributed by atoms with E-state index < -0.39 is 56.4 Å². The molecule has 3 aromatic carbocycles. The Morgan fingerprint density at radius 3 is 1.49 bits per heavy atom. The van der Waals surface area contributed by atoms with Gasteiger partial charge in [0.15, 0.2) is 0 Å². The van der Waals surface area contributed by atoms with Gasteiger partial charge < -0.3 is 57.0 Å². The third kappa shape index (κ3) is 23.5. The number of aryl methyl sites for hydroxylation is 2. The minimum Gasteiger partial charge on any atom is -1.00 e. The number of halogens is 4. The first-order valence-corrected chi connectivity index (χ1v) is 39.0. The Balaban J connectivity index is 0.000000466. The van der Waals surface area contributed by atoms with Crippen molar-refractivity contribution < 1.29 is 81.3 Å². The first kappa shape index (κ1) is 67.8. The predicted molar refractivity (Wildman–Crippen MR) is 357 cm³/mol. The van der Waals surface area contributed by atoms with Gasteiger partial charge in [-0.15, -0.1) is 0 Å². The zero-order valence-corrected chi connectivity index (χ0v) is 60.6. The number of alkyl halides is 3.